The predicted octanol–water partition coefficient (Wildman–Crippen LogP) is 3.17. The molecule has 9 nitrogen and oxygen atoms in total. The number of rotatable bonds is 4. The molecule has 1 aliphatic rings. The maximum atomic E-state index is 15.1. The Morgan fingerprint density at radius 1 is 0.944 bits per heavy atom. The molecule has 1 atom stereocenters. The van der Waals surface area contributed by atoms with Crippen molar-refractivity contribution in [3.05, 3.63) is 72.2 Å². The summed E-state index contributed by atoms with van der Waals surface area (Å²) in [5.41, 5.74) is 2.81. The molecule has 5 aromatic rings. The number of halogens is 2. The highest BCUT2D eigenvalue weighted by molar-refractivity contribution is 5.94. The molecule has 1 saturated heterocycles. The SMILES string of the molecule is Cn1cnc2ncnc([C@H](O)c3cc(-c4ncnc5cc(N6CCOCC6)ccc45)c(F)cc3F)c21. The molecule has 4 heterocycles. The zero-order chi connectivity index (χ0) is 24.8. The molecule has 182 valence electrons. The summed E-state index contributed by atoms with van der Waals surface area (Å²) in [5, 5.41) is 11.7. The Bertz CT molecular complexity index is 1600. The predicted molar refractivity (Wildman–Crippen MR) is 128 cm³/mol. The van der Waals surface area contributed by atoms with E-state index in [1.807, 2.05) is 18.2 Å². The molecule has 6 rings (SSSR count). The average molecular weight is 489 g/mol. The molecule has 1 N–H and O–H groups in total. The Hall–Kier alpha value is -4.09. The fourth-order valence-electron chi connectivity index (χ4n) is 4.60. The number of nitrogens with zero attached hydrogens (tertiary/aromatic N) is 7. The van der Waals surface area contributed by atoms with Gasteiger partial charge in [-0.05, 0) is 24.3 Å². The van der Waals surface area contributed by atoms with Gasteiger partial charge in [-0.15, -0.1) is 0 Å². The maximum Gasteiger partial charge on any atom is 0.181 e. The van der Waals surface area contributed by atoms with E-state index < -0.39 is 17.7 Å². The number of aryl methyl sites for hydroxylation is 1. The van der Waals surface area contributed by atoms with Crippen molar-refractivity contribution in [2.45, 2.75) is 6.10 Å². The second-order valence-corrected chi connectivity index (χ2v) is 8.57. The first-order chi connectivity index (χ1) is 17.5. The molecule has 0 radical (unpaired) electrons. The van der Waals surface area contributed by atoms with E-state index in [9.17, 15) is 9.50 Å². The number of fused-ring (bicyclic) bond motifs is 2. The van der Waals surface area contributed by atoms with Gasteiger partial charge in [0.05, 0.1) is 30.8 Å². The molecular weight excluding hydrogens is 468 g/mol. The van der Waals surface area contributed by atoms with Crippen LogP contribution in [0.25, 0.3) is 33.3 Å². The van der Waals surface area contributed by atoms with Crippen LogP contribution >= 0.6 is 0 Å². The lowest BCUT2D eigenvalue weighted by Crippen LogP contribution is -2.36. The number of hydrogen-bond acceptors (Lipinski definition) is 8. The van der Waals surface area contributed by atoms with E-state index in [0.717, 1.165) is 24.8 Å². The number of aromatic nitrogens is 6. The van der Waals surface area contributed by atoms with Gasteiger partial charge in [-0.3, -0.25) is 0 Å². The molecule has 1 aliphatic heterocycles. The van der Waals surface area contributed by atoms with Crippen LogP contribution in [0.5, 0.6) is 0 Å². The lowest BCUT2D eigenvalue weighted by Gasteiger charge is -2.29. The van der Waals surface area contributed by atoms with E-state index in [1.54, 1.807) is 11.6 Å². The smallest absolute Gasteiger partial charge is 0.181 e. The number of anilines is 1. The number of ether oxygens (including phenoxy) is 1. The average Bonchev–Trinajstić information content (AvgIpc) is 3.29. The van der Waals surface area contributed by atoms with Gasteiger partial charge in [0.1, 0.15) is 41.6 Å². The minimum Gasteiger partial charge on any atom is -0.382 e. The van der Waals surface area contributed by atoms with Crippen LogP contribution in [0.1, 0.15) is 17.4 Å². The summed E-state index contributed by atoms with van der Waals surface area (Å²) in [6.07, 6.45) is 2.65. The molecule has 0 aliphatic carbocycles. The molecular formula is C25H21F2N7O2. The first-order valence-electron chi connectivity index (χ1n) is 11.4. The summed E-state index contributed by atoms with van der Waals surface area (Å²) in [6, 6.07) is 7.71. The molecule has 0 unspecified atom stereocenters. The molecule has 2 aromatic carbocycles. The summed E-state index contributed by atoms with van der Waals surface area (Å²) in [5.74, 6) is -1.69. The summed E-state index contributed by atoms with van der Waals surface area (Å²) < 4.78 is 37.1. The van der Waals surface area contributed by atoms with E-state index in [-0.39, 0.29) is 16.8 Å². The van der Waals surface area contributed by atoms with Crippen LogP contribution in [-0.2, 0) is 11.8 Å². The normalized spacial score (nSPS) is 15.1. The van der Waals surface area contributed by atoms with Gasteiger partial charge in [-0.2, -0.15) is 0 Å². The molecule has 0 spiro atoms. The Morgan fingerprint density at radius 2 is 1.75 bits per heavy atom. The van der Waals surface area contributed by atoms with Crippen molar-refractivity contribution in [3.63, 3.8) is 0 Å². The molecule has 0 saturated carbocycles. The van der Waals surface area contributed by atoms with E-state index >= 15 is 4.39 Å². The third-order valence-corrected chi connectivity index (χ3v) is 6.43. The number of morpholine rings is 1. The van der Waals surface area contributed by atoms with Gasteiger partial charge in [0.25, 0.3) is 0 Å². The number of aliphatic hydroxyl groups excluding tert-OH is 1. The summed E-state index contributed by atoms with van der Waals surface area (Å²) in [4.78, 5) is 23.3. The molecule has 1 fully saturated rings. The number of imidazole rings is 1. The van der Waals surface area contributed by atoms with Gasteiger partial charge in [-0.25, -0.2) is 33.7 Å². The van der Waals surface area contributed by atoms with Gasteiger partial charge in [0.15, 0.2) is 5.65 Å². The van der Waals surface area contributed by atoms with Crippen molar-refractivity contribution in [2.24, 2.45) is 7.05 Å². The van der Waals surface area contributed by atoms with E-state index in [1.165, 1.54) is 25.0 Å². The monoisotopic (exact) mass is 489 g/mol. The Morgan fingerprint density at radius 3 is 2.58 bits per heavy atom. The van der Waals surface area contributed by atoms with Crippen molar-refractivity contribution >= 4 is 27.8 Å². The fraction of sp³-hybridized carbons (Fsp3) is 0.240. The van der Waals surface area contributed by atoms with Crippen LogP contribution in [0.15, 0.2) is 49.3 Å². The number of aliphatic hydroxyl groups is 1. The minimum atomic E-state index is -1.48. The Balaban J connectivity index is 1.45. The van der Waals surface area contributed by atoms with Crippen molar-refractivity contribution in [3.8, 4) is 11.3 Å². The lowest BCUT2D eigenvalue weighted by molar-refractivity contribution is 0.122. The van der Waals surface area contributed by atoms with Crippen LogP contribution in [0.4, 0.5) is 14.5 Å². The Kier molecular flexibility index (Phi) is 5.50. The van der Waals surface area contributed by atoms with Crippen molar-refractivity contribution < 1.29 is 18.6 Å². The van der Waals surface area contributed by atoms with Crippen LogP contribution < -0.4 is 4.90 Å². The van der Waals surface area contributed by atoms with Crippen LogP contribution in [0.2, 0.25) is 0 Å². The van der Waals surface area contributed by atoms with Gasteiger partial charge in [-0.1, -0.05) is 0 Å². The van der Waals surface area contributed by atoms with Gasteiger partial charge in [0.2, 0.25) is 0 Å². The number of benzene rings is 2. The molecule has 0 bridgehead atoms. The summed E-state index contributed by atoms with van der Waals surface area (Å²) >= 11 is 0. The maximum absolute atomic E-state index is 15.1. The highest BCUT2D eigenvalue weighted by Gasteiger charge is 2.25. The van der Waals surface area contributed by atoms with Crippen molar-refractivity contribution in [1.29, 1.82) is 0 Å². The molecule has 11 heteroatoms. The van der Waals surface area contributed by atoms with Gasteiger partial charge < -0.3 is 19.3 Å². The zero-order valence-electron chi connectivity index (χ0n) is 19.3. The van der Waals surface area contributed by atoms with Crippen LogP contribution in [0, 0.1) is 11.6 Å². The summed E-state index contributed by atoms with van der Waals surface area (Å²) in [7, 11) is 1.72. The van der Waals surface area contributed by atoms with Crippen LogP contribution in [0.3, 0.4) is 0 Å². The standard InChI is InChI=1S/C25H21F2N7O2/c1-33-13-32-25-23(33)22(30-12-31-25)24(35)17-9-16(18(26)10-19(17)27)21-15-3-2-14(8-20(15)28-11-29-21)34-4-6-36-7-5-34/h2-3,8-13,24,35H,4-7H2,1H3/t24-/m1/s1. The first kappa shape index (κ1) is 22.4. The van der Waals surface area contributed by atoms with Gasteiger partial charge in [0, 0.05) is 48.4 Å². The second kappa shape index (κ2) is 8.85. The van der Waals surface area contributed by atoms with E-state index in [0.29, 0.717) is 41.0 Å². The fourth-order valence-corrected chi connectivity index (χ4v) is 4.60. The van der Waals surface area contributed by atoms with Crippen LogP contribution in [-0.4, -0.2) is 60.9 Å². The lowest BCUT2D eigenvalue weighted by atomic mass is 9.98. The zero-order valence-corrected chi connectivity index (χ0v) is 19.3. The third-order valence-electron chi connectivity index (χ3n) is 6.43. The highest BCUT2D eigenvalue weighted by atomic mass is 19.1. The second-order valence-electron chi connectivity index (χ2n) is 8.57. The molecule has 36 heavy (non-hydrogen) atoms. The largest absolute Gasteiger partial charge is 0.382 e. The number of hydrogen-bond donors (Lipinski definition) is 1. The first-order valence-corrected chi connectivity index (χ1v) is 11.4. The van der Waals surface area contributed by atoms with Crippen molar-refractivity contribution in [2.75, 3.05) is 31.2 Å². The molecule has 0 amide bonds. The van der Waals surface area contributed by atoms with E-state index in [4.69, 9.17) is 4.74 Å². The Labute approximate surface area is 204 Å². The quantitative estimate of drug-likeness (QED) is 0.411. The summed E-state index contributed by atoms with van der Waals surface area (Å²) in [6.45, 7) is 2.83. The van der Waals surface area contributed by atoms with Gasteiger partial charge >= 0.3 is 0 Å². The minimum absolute atomic E-state index is 0.0484. The van der Waals surface area contributed by atoms with Crippen molar-refractivity contribution in [1.82, 2.24) is 29.5 Å². The third kappa shape index (κ3) is 3.73. The van der Waals surface area contributed by atoms with E-state index in [2.05, 4.69) is 29.8 Å². The topological polar surface area (TPSA) is 102 Å². The molecule has 3 aromatic heterocycles. The highest BCUT2D eigenvalue weighted by Crippen LogP contribution is 2.35.